The minimum atomic E-state index is -0.939. The first-order valence-electron chi connectivity index (χ1n) is 10.9. The van der Waals surface area contributed by atoms with Crippen LogP contribution in [0.25, 0.3) is 11.1 Å². The van der Waals surface area contributed by atoms with Crippen molar-refractivity contribution in [3.05, 3.63) is 59.2 Å². The van der Waals surface area contributed by atoms with Crippen LogP contribution in [-0.4, -0.2) is 12.4 Å². The second-order valence-corrected chi connectivity index (χ2v) is 8.49. The van der Waals surface area contributed by atoms with E-state index in [4.69, 9.17) is 4.74 Å². The average molecular weight is 379 g/mol. The van der Waals surface area contributed by atoms with E-state index in [1.54, 1.807) is 0 Å². The molecule has 0 heterocycles. The van der Waals surface area contributed by atoms with Gasteiger partial charge < -0.3 is 4.74 Å². The Bertz CT molecular complexity index is 821. The lowest BCUT2D eigenvalue weighted by Crippen LogP contribution is -2.39. The summed E-state index contributed by atoms with van der Waals surface area (Å²) in [4.78, 5) is 13.7. The van der Waals surface area contributed by atoms with Crippen LogP contribution in [0.3, 0.4) is 0 Å². The van der Waals surface area contributed by atoms with Crippen molar-refractivity contribution in [3.8, 4) is 11.1 Å². The molecule has 2 nitrogen and oxygen atoms in total. The summed E-state index contributed by atoms with van der Waals surface area (Å²) >= 11 is 0. The molecule has 1 aliphatic carbocycles. The Morgan fingerprint density at radius 1 is 1.00 bits per heavy atom. The molecule has 2 heteroatoms. The number of benzene rings is 2. The smallest absolute Gasteiger partial charge is 0.177 e. The van der Waals surface area contributed by atoms with Crippen LogP contribution >= 0.6 is 0 Å². The van der Waals surface area contributed by atoms with Gasteiger partial charge in [-0.2, -0.15) is 0 Å². The Hall–Kier alpha value is -1.93. The van der Waals surface area contributed by atoms with Gasteiger partial charge in [0.15, 0.2) is 11.4 Å². The van der Waals surface area contributed by atoms with Crippen molar-refractivity contribution in [3.63, 3.8) is 0 Å². The van der Waals surface area contributed by atoms with Gasteiger partial charge in [0.05, 0.1) is 0 Å². The molecule has 0 saturated carbocycles. The molecule has 2 aromatic rings. The number of hydrogen-bond acceptors (Lipinski definition) is 2. The molecule has 0 aliphatic heterocycles. The number of ether oxygens (including phenoxy) is 1. The first-order chi connectivity index (χ1) is 13.5. The first kappa shape index (κ1) is 20.8. The van der Waals surface area contributed by atoms with Gasteiger partial charge in [0.2, 0.25) is 0 Å². The van der Waals surface area contributed by atoms with E-state index >= 15 is 0 Å². The minimum Gasteiger partial charge on any atom is -0.358 e. The topological polar surface area (TPSA) is 26.3 Å². The zero-order chi connectivity index (χ0) is 20.1. The zero-order valence-electron chi connectivity index (χ0n) is 17.9. The fourth-order valence-electron chi connectivity index (χ4n) is 4.49. The van der Waals surface area contributed by atoms with Crippen molar-refractivity contribution >= 4 is 5.78 Å². The Kier molecular flexibility index (Phi) is 6.72. The molecule has 0 spiro atoms. The SMILES string of the molecule is CCCOC1(C(=O)CCCCCC(C)C)c2ccccc2-c2cccc(C)c21. The number of rotatable bonds is 10. The number of ketones is 1. The van der Waals surface area contributed by atoms with Gasteiger partial charge in [-0.25, -0.2) is 0 Å². The third-order valence-corrected chi connectivity index (χ3v) is 5.82. The molecular weight excluding hydrogens is 344 g/mol. The number of aryl methyl sites for hydroxylation is 1. The molecule has 28 heavy (non-hydrogen) atoms. The first-order valence-corrected chi connectivity index (χ1v) is 10.9. The summed E-state index contributed by atoms with van der Waals surface area (Å²) in [5.74, 6) is 0.942. The minimum absolute atomic E-state index is 0.214. The molecule has 1 unspecified atom stereocenters. The van der Waals surface area contributed by atoms with Gasteiger partial charge in [-0.3, -0.25) is 4.79 Å². The normalized spacial score (nSPS) is 17.6. The lowest BCUT2D eigenvalue weighted by molar-refractivity contribution is -0.140. The van der Waals surface area contributed by atoms with Gasteiger partial charge in [-0.15, -0.1) is 0 Å². The van der Waals surface area contributed by atoms with Crippen molar-refractivity contribution in [1.29, 1.82) is 0 Å². The largest absolute Gasteiger partial charge is 0.358 e. The highest BCUT2D eigenvalue weighted by atomic mass is 16.5. The number of hydrogen-bond donors (Lipinski definition) is 0. The fourth-order valence-corrected chi connectivity index (χ4v) is 4.49. The van der Waals surface area contributed by atoms with Gasteiger partial charge in [0.1, 0.15) is 0 Å². The Morgan fingerprint density at radius 2 is 1.75 bits per heavy atom. The standard InChI is InChI=1S/C26H34O2/c1-5-18-28-26(24(27)17-8-6-7-12-19(2)3)23-16-10-9-14-21(23)22-15-11-13-20(4)25(22)26/h9-11,13-16,19H,5-8,12,17-18H2,1-4H3. The maximum absolute atomic E-state index is 13.7. The zero-order valence-corrected chi connectivity index (χ0v) is 17.9. The summed E-state index contributed by atoms with van der Waals surface area (Å²) in [6.07, 6.45) is 5.94. The molecule has 1 aliphatic rings. The van der Waals surface area contributed by atoms with Crippen LogP contribution in [0.1, 0.15) is 76.0 Å². The highest BCUT2D eigenvalue weighted by Gasteiger charge is 2.50. The Morgan fingerprint density at radius 3 is 2.50 bits per heavy atom. The molecule has 0 amide bonds. The number of fused-ring (bicyclic) bond motifs is 3. The van der Waals surface area contributed by atoms with Crippen molar-refractivity contribution in [2.75, 3.05) is 6.61 Å². The van der Waals surface area contributed by atoms with Gasteiger partial charge >= 0.3 is 0 Å². The van der Waals surface area contributed by atoms with Crippen molar-refractivity contribution in [2.45, 2.75) is 71.8 Å². The predicted molar refractivity (Wildman–Crippen MR) is 117 cm³/mol. The highest BCUT2D eigenvalue weighted by Crippen LogP contribution is 2.52. The maximum Gasteiger partial charge on any atom is 0.177 e. The molecule has 0 bridgehead atoms. The fraction of sp³-hybridized carbons (Fsp3) is 0.500. The molecule has 1 atom stereocenters. The summed E-state index contributed by atoms with van der Waals surface area (Å²) in [5.41, 5.74) is 4.59. The van der Waals surface area contributed by atoms with Crippen LogP contribution in [-0.2, 0) is 15.1 Å². The van der Waals surface area contributed by atoms with Crippen LogP contribution in [0.15, 0.2) is 42.5 Å². The van der Waals surface area contributed by atoms with E-state index in [1.165, 1.54) is 12.8 Å². The van der Waals surface area contributed by atoms with Crippen LogP contribution in [0, 0.1) is 12.8 Å². The molecule has 0 fully saturated rings. The van der Waals surface area contributed by atoms with E-state index in [0.717, 1.165) is 53.0 Å². The second kappa shape index (κ2) is 9.05. The van der Waals surface area contributed by atoms with Gasteiger partial charge in [0, 0.05) is 24.2 Å². The van der Waals surface area contributed by atoms with Gasteiger partial charge in [-0.1, -0.05) is 82.5 Å². The Balaban J connectivity index is 1.96. The van der Waals surface area contributed by atoms with E-state index in [-0.39, 0.29) is 5.78 Å². The number of carbonyl (C=O) groups is 1. The van der Waals surface area contributed by atoms with Crippen molar-refractivity contribution in [1.82, 2.24) is 0 Å². The number of carbonyl (C=O) groups excluding carboxylic acids is 1. The Labute approximate surface area is 170 Å². The van der Waals surface area contributed by atoms with E-state index in [2.05, 4.69) is 64.1 Å². The van der Waals surface area contributed by atoms with E-state index in [9.17, 15) is 4.79 Å². The lowest BCUT2D eigenvalue weighted by Gasteiger charge is -2.32. The van der Waals surface area contributed by atoms with Gasteiger partial charge in [-0.05, 0) is 42.4 Å². The molecule has 2 aromatic carbocycles. The molecule has 0 aromatic heterocycles. The summed E-state index contributed by atoms with van der Waals surface area (Å²) < 4.78 is 6.48. The third kappa shape index (κ3) is 3.80. The molecule has 3 rings (SSSR count). The van der Waals surface area contributed by atoms with Crippen LogP contribution in [0.2, 0.25) is 0 Å². The monoisotopic (exact) mass is 378 g/mol. The van der Waals surface area contributed by atoms with Crippen molar-refractivity contribution in [2.24, 2.45) is 5.92 Å². The highest BCUT2D eigenvalue weighted by molar-refractivity contribution is 6.00. The number of Topliss-reactive ketones (excluding diaryl/α,β-unsaturated/α-hetero) is 1. The molecule has 0 saturated heterocycles. The summed E-state index contributed by atoms with van der Waals surface area (Å²) in [5, 5.41) is 0. The van der Waals surface area contributed by atoms with Gasteiger partial charge in [0.25, 0.3) is 0 Å². The summed E-state index contributed by atoms with van der Waals surface area (Å²) in [6, 6.07) is 14.6. The maximum atomic E-state index is 13.7. The molecule has 150 valence electrons. The summed E-state index contributed by atoms with van der Waals surface area (Å²) in [6.45, 7) is 9.30. The molecular formula is C26H34O2. The van der Waals surface area contributed by atoms with Crippen LogP contribution in [0.5, 0.6) is 0 Å². The quantitative estimate of drug-likeness (QED) is 0.424. The third-order valence-electron chi connectivity index (χ3n) is 5.82. The second-order valence-electron chi connectivity index (χ2n) is 8.49. The van der Waals surface area contributed by atoms with E-state index in [1.807, 2.05) is 6.07 Å². The predicted octanol–water partition coefficient (Wildman–Crippen LogP) is 6.82. The van der Waals surface area contributed by atoms with Crippen molar-refractivity contribution < 1.29 is 9.53 Å². The van der Waals surface area contributed by atoms with Crippen LogP contribution < -0.4 is 0 Å². The summed E-state index contributed by atoms with van der Waals surface area (Å²) in [7, 11) is 0. The lowest BCUT2D eigenvalue weighted by atomic mass is 9.82. The van der Waals surface area contributed by atoms with Crippen LogP contribution in [0.4, 0.5) is 0 Å². The number of unbranched alkanes of at least 4 members (excludes halogenated alkanes) is 2. The molecule has 0 radical (unpaired) electrons. The van der Waals surface area contributed by atoms with E-state index in [0.29, 0.717) is 13.0 Å². The molecule has 0 N–H and O–H groups in total. The van der Waals surface area contributed by atoms with E-state index < -0.39 is 5.60 Å². The average Bonchev–Trinajstić information content (AvgIpc) is 2.98.